The lowest BCUT2D eigenvalue weighted by atomic mass is 10.1. The van der Waals surface area contributed by atoms with Crippen molar-refractivity contribution in [1.29, 1.82) is 0 Å². The third-order valence-electron chi connectivity index (χ3n) is 5.83. The molecule has 3 N–H and O–H groups in total. The van der Waals surface area contributed by atoms with E-state index in [1.54, 1.807) is 36.4 Å². The monoisotopic (exact) mass is 441 g/mol. The number of aromatic hydroxyl groups is 3. The third-order valence-corrected chi connectivity index (χ3v) is 5.83. The summed E-state index contributed by atoms with van der Waals surface area (Å²) in [5.74, 6) is 1.17. The Kier molecular flexibility index (Phi) is 5.88. The van der Waals surface area contributed by atoms with Crippen LogP contribution in [0.4, 0.5) is 17.1 Å². The lowest BCUT2D eigenvalue weighted by Crippen LogP contribution is -2.13. The number of phenolic OH excluding ortho intramolecular Hbond substituents is 3. The van der Waals surface area contributed by atoms with Crippen molar-refractivity contribution in [2.45, 2.75) is 27.7 Å². The van der Waals surface area contributed by atoms with Crippen LogP contribution >= 0.6 is 0 Å². The molecule has 0 radical (unpaired) electrons. The van der Waals surface area contributed by atoms with Gasteiger partial charge in [0.1, 0.15) is 17.2 Å². The van der Waals surface area contributed by atoms with E-state index >= 15 is 0 Å². The van der Waals surface area contributed by atoms with Gasteiger partial charge in [-0.25, -0.2) is 0 Å². The molecule has 0 heterocycles. The smallest absolute Gasteiger partial charge is 0.172 e. The summed E-state index contributed by atoms with van der Waals surface area (Å²) < 4.78 is 6.10. The number of para-hydroxylation sites is 2. The first-order valence-corrected chi connectivity index (χ1v) is 10.7. The van der Waals surface area contributed by atoms with E-state index in [-0.39, 0.29) is 17.2 Å². The maximum Gasteiger partial charge on any atom is 0.172 e. The lowest BCUT2D eigenvalue weighted by Gasteiger charge is -2.29. The average Bonchev–Trinajstić information content (AvgIpc) is 2.78. The van der Waals surface area contributed by atoms with Crippen molar-refractivity contribution in [2.75, 3.05) is 4.90 Å². The molecule has 4 rings (SSSR count). The minimum Gasteiger partial charge on any atom is -0.506 e. The summed E-state index contributed by atoms with van der Waals surface area (Å²) in [6, 6.07) is 21.4. The Hall–Kier alpha value is -4.12. The normalized spacial score (nSPS) is 10.8. The minimum absolute atomic E-state index is 0.0634. The van der Waals surface area contributed by atoms with Gasteiger partial charge in [-0.2, -0.15) is 0 Å². The summed E-state index contributed by atoms with van der Waals surface area (Å²) in [6.45, 7) is 7.68. The standard InChI is InChI=1S/C28H27NO4/c1-17-14-15-25(32)28(20(17)4)33-22-11-7-10-21(16-22)29(26-18(2)8-5-12-23(26)30)27-19(3)9-6-13-24(27)31/h5-16,30-32H,1-4H3. The fourth-order valence-corrected chi connectivity index (χ4v) is 3.95. The van der Waals surface area contributed by atoms with Gasteiger partial charge in [-0.05, 0) is 80.3 Å². The van der Waals surface area contributed by atoms with Gasteiger partial charge < -0.3 is 25.0 Å². The molecule has 0 aliphatic heterocycles. The van der Waals surface area contributed by atoms with Gasteiger partial charge >= 0.3 is 0 Å². The molecule has 0 aliphatic rings. The Morgan fingerprint density at radius 2 is 1.18 bits per heavy atom. The molecular weight excluding hydrogens is 414 g/mol. The molecule has 0 unspecified atom stereocenters. The van der Waals surface area contributed by atoms with Crippen LogP contribution in [0.15, 0.2) is 72.8 Å². The fourth-order valence-electron chi connectivity index (χ4n) is 3.95. The van der Waals surface area contributed by atoms with Crippen molar-refractivity contribution in [3.05, 3.63) is 95.1 Å². The van der Waals surface area contributed by atoms with E-state index in [0.717, 1.165) is 22.3 Å². The van der Waals surface area contributed by atoms with E-state index in [9.17, 15) is 15.3 Å². The van der Waals surface area contributed by atoms with Gasteiger partial charge in [0.2, 0.25) is 0 Å². The predicted octanol–water partition coefficient (Wildman–Crippen LogP) is 7.30. The van der Waals surface area contributed by atoms with E-state index in [0.29, 0.717) is 28.6 Å². The molecule has 0 spiro atoms. The van der Waals surface area contributed by atoms with Crippen LogP contribution in [-0.4, -0.2) is 15.3 Å². The molecule has 4 aromatic carbocycles. The van der Waals surface area contributed by atoms with E-state index in [1.807, 2.05) is 69.0 Å². The van der Waals surface area contributed by atoms with Crippen molar-refractivity contribution in [3.8, 4) is 28.7 Å². The Balaban J connectivity index is 1.89. The van der Waals surface area contributed by atoms with Crippen LogP contribution in [-0.2, 0) is 0 Å². The second-order valence-corrected chi connectivity index (χ2v) is 8.18. The molecule has 0 bridgehead atoms. The molecular formula is C28H27NO4. The number of phenols is 3. The first-order chi connectivity index (χ1) is 15.8. The van der Waals surface area contributed by atoms with Crippen molar-refractivity contribution >= 4 is 17.1 Å². The van der Waals surface area contributed by atoms with Gasteiger partial charge in [0, 0.05) is 6.07 Å². The number of ether oxygens (including phenoxy) is 1. The van der Waals surface area contributed by atoms with Crippen molar-refractivity contribution in [3.63, 3.8) is 0 Å². The summed E-state index contributed by atoms with van der Waals surface area (Å²) in [6.07, 6.45) is 0. The molecule has 33 heavy (non-hydrogen) atoms. The summed E-state index contributed by atoms with van der Waals surface area (Å²) in [5.41, 5.74) is 5.36. The maximum absolute atomic E-state index is 10.8. The Labute approximate surface area is 193 Å². The zero-order valence-corrected chi connectivity index (χ0v) is 19.1. The number of rotatable bonds is 5. The second kappa shape index (κ2) is 8.79. The van der Waals surface area contributed by atoms with E-state index in [2.05, 4.69) is 0 Å². The van der Waals surface area contributed by atoms with E-state index in [1.165, 1.54) is 0 Å². The summed E-state index contributed by atoms with van der Waals surface area (Å²) in [4.78, 5) is 1.82. The highest BCUT2D eigenvalue weighted by Gasteiger charge is 2.23. The highest BCUT2D eigenvalue weighted by Crippen LogP contribution is 2.47. The minimum atomic E-state index is 0.0634. The summed E-state index contributed by atoms with van der Waals surface area (Å²) in [5, 5.41) is 31.9. The molecule has 0 amide bonds. The Bertz CT molecular complexity index is 1240. The zero-order chi connectivity index (χ0) is 23.7. The zero-order valence-electron chi connectivity index (χ0n) is 19.1. The molecule has 168 valence electrons. The quantitative estimate of drug-likeness (QED) is 0.303. The van der Waals surface area contributed by atoms with Crippen LogP contribution in [0.1, 0.15) is 22.3 Å². The molecule has 4 aromatic rings. The number of anilines is 3. The first-order valence-electron chi connectivity index (χ1n) is 10.7. The third kappa shape index (κ3) is 4.17. The van der Waals surface area contributed by atoms with Crippen LogP contribution in [0.3, 0.4) is 0 Å². The molecule has 0 atom stereocenters. The SMILES string of the molecule is Cc1ccc(O)c(Oc2cccc(N(c3c(C)cccc3O)c3c(C)cccc3O)c2)c1C. The number of hydrogen-bond acceptors (Lipinski definition) is 5. The Morgan fingerprint density at radius 3 is 1.76 bits per heavy atom. The average molecular weight is 442 g/mol. The first kappa shape index (κ1) is 22.1. The fraction of sp³-hybridized carbons (Fsp3) is 0.143. The second-order valence-electron chi connectivity index (χ2n) is 8.18. The summed E-state index contributed by atoms with van der Waals surface area (Å²) in [7, 11) is 0. The molecule has 5 nitrogen and oxygen atoms in total. The van der Waals surface area contributed by atoms with Crippen molar-refractivity contribution in [1.82, 2.24) is 0 Å². The van der Waals surface area contributed by atoms with Crippen molar-refractivity contribution in [2.24, 2.45) is 0 Å². The van der Waals surface area contributed by atoms with Crippen LogP contribution in [0.2, 0.25) is 0 Å². The molecule has 0 aromatic heterocycles. The topological polar surface area (TPSA) is 73.2 Å². The van der Waals surface area contributed by atoms with Crippen LogP contribution in [0, 0.1) is 27.7 Å². The van der Waals surface area contributed by atoms with Gasteiger partial charge in [-0.3, -0.25) is 0 Å². The van der Waals surface area contributed by atoms with Crippen LogP contribution in [0.5, 0.6) is 28.7 Å². The molecule has 5 heteroatoms. The number of nitrogens with zero attached hydrogens (tertiary/aromatic N) is 1. The molecule has 0 saturated carbocycles. The van der Waals surface area contributed by atoms with E-state index in [4.69, 9.17) is 4.74 Å². The van der Waals surface area contributed by atoms with Crippen LogP contribution < -0.4 is 9.64 Å². The van der Waals surface area contributed by atoms with Gasteiger partial charge in [-0.15, -0.1) is 0 Å². The lowest BCUT2D eigenvalue weighted by molar-refractivity contribution is 0.408. The predicted molar refractivity (Wildman–Crippen MR) is 132 cm³/mol. The van der Waals surface area contributed by atoms with E-state index < -0.39 is 0 Å². The number of hydrogen-bond donors (Lipinski definition) is 3. The molecule has 0 fully saturated rings. The van der Waals surface area contributed by atoms with Crippen LogP contribution in [0.25, 0.3) is 0 Å². The molecule has 0 aliphatic carbocycles. The number of benzene rings is 4. The largest absolute Gasteiger partial charge is 0.506 e. The highest BCUT2D eigenvalue weighted by molar-refractivity contribution is 5.86. The van der Waals surface area contributed by atoms with Gasteiger partial charge in [0.25, 0.3) is 0 Å². The molecule has 0 saturated heterocycles. The Morgan fingerprint density at radius 1 is 0.606 bits per heavy atom. The van der Waals surface area contributed by atoms with Gasteiger partial charge in [0.05, 0.1) is 17.1 Å². The number of aryl methyl sites for hydroxylation is 3. The highest BCUT2D eigenvalue weighted by atomic mass is 16.5. The summed E-state index contributed by atoms with van der Waals surface area (Å²) >= 11 is 0. The van der Waals surface area contributed by atoms with Crippen molar-refractivity contribution < 1.29 is 20.1 Å². The maximum atomic E-state index is 10.8. The van der Waals surface area contributed by atoms with Gasteiger partial charge in [-0.1, -0.05) is 36.4 Å². The van der Waals surface area contributed by atoms with Gasteiger partial charge in [0.15, 0.2) is 11.5 Å².